The number of carbonyl (C=O) groups excluding carboxylic acids is 4. The van der Waals surface area contributed by atoms with Crippen LogP contribution in [-0.2, 0) is 19.2 Å². The minimum Gasteiger partial charge on any atom is -0.481 e. The van der Waals surface area contributed by atoms with Crippen molar-refractivity contribution in [2.24, 2.45) is 22.9 Å². The summed E-state index contributed by atoms with van der Waals surface area (Å²) in [6.45, 7) is 0. The maximum atomic E-state index is 11.8. The molecule has 0 spiro atoms. The Balaban J connectivity index is 0.000000159. The molecule has 0 saturated carbocycles. The van der Waals surface area contributed by atoms with Crippen molar-refractivity contribution in [3.8, 4) is 0 Å². The molecule has 20 nitrogen and oxygen atoms in total. The molecule has 0 atom stereocenters. The van der Waals surface area contributed by atoms with E-state index in [1.165, 1.54) is 0 Å². The van der Waals surface area contributed by atoms with Crippen LogP contribution in [0.3, 0.4) is 0 Å². The van der Waals surface area contributed by atoms with Gasteiger partial charge >= 0.3 is 48.0 Å². The van der Waals surface area contributed by atoms with Gasteiger partial charge in [-0.05, 0) is 119 Å². The van der Waals surface area contributed by atoms with Crippen LogP contribution in [0.15, 0.2) is 194 Å². The molecule has 4 heterocycles. The minimum atomic E-state index is -0.870. The summed E-state index contributed by atoms with van der Waals surface area (Å²) in [6.07, 6.45) is 18.0. The lowest BCUT2D eigenvalue weighted by atomic mass is 10.1. The van der Waals surface area contributed by atoms with Crippen LogP contribution in [0.25, 0.3) is 48.6 Å². The quantitative estimate of drug-likeness (QED) is 0.0593. The third-order valence-corrected chi connectivity index (χ3v) is 14.1. The predicted octanol–water partition coefficient (Wildman–Crippen LogP) is 15.0. The number of nitrogens with zero attached hydrogens (tertiary/aromatic N) is 4. The number of carboxylic acid groups (broad SMARTS) is 4. The Morgan fingerprint density at radius 1 is 0.228 bits per heavy atom. The zero-order chi connectivity index (χ0) is 66.1. The molecule has 20 heteroatoms. The summed E-state index contributed by atoms with van der Waals surface area (Å²) in [6, 6.07) is 59.7. The summed E-state index contributed by atoms with van der Waals surface area (Å²) in [4.78, 5) is 92.8. The number of hydrogen-bond acceptors (Lipinski definition) is 8. The van der Waals surface area contributed by atoms with E-state index >= 15 is 0 Å². The first-order valence-electron chi connectivity index (χ1n) is 29.0. The van der Waals surface area contributed by atoms with Crippen LogP contribution in [-0.4, -0.2) is 68.4 Å². The maximum Gasteiger partial charge on any atom is 0.323 e. The monoisotopic (exact) mass is 1240 g/mol. The Bertz CT molecular complexity index is 3400. The summed E-state index contributed by atoms with van der Waals surface area (Å²) < 4.78 is 0. The van der Waals surface area contributed by atoms with Gasteiger partial charge < -0.3 is 43.4 Å². The lowest BCUT2D eigenvalue weighted by Gasteiger charge is -2.22. The number of urea groups is 4. The highest BCUT2D eigenvalue weighted by Gasteiger charge is 2.25. The van der Waals surface area contributed by atoms with Crippen LogP contribution in [0, 0.1) is 0 Å². The molecule has 0 saturated heterocycles. The lowest BCUT2D eigenvalue weighted by molar-refractivity contribution is -0.139. The number of fused-ring (bicyclic) bond motifs is 8. The van der Waals surface area contributed by atoms with Crippen LogP contribution in [0.1, 0.15) is 95.9 Å². The highest BCUT2D eigenvalue weighted by Crippen LogP contribution is 2.40. The topological polar surface area (TPSA) is 335 Å². The van der Waals surface area contributed by atoms with E-state index in [4.69, 9.17) is 43.4 Å². The molecule has 92 heavy (non-hydrogen) atoms. The van der Waals surface area contributed by atoms with E-state index < -0.39 is 48.0 Å². The van der Waals surface area contributed by atoms with Crippen molar-refractivity contribution >= 4 is 142 Å². The molecular weight excluding hydrogens is 1170 g/mol. The van der Waals surface area contributed by atoms with Crippen molar-refractivity contribution in [1.29, 1.82) is 0 Å². The molecule has 0 aliphatic carbocycles. The molecule has 0 fully saturated rings. The molecular formula is C72H68N8O12. The largest absolute Gasteiger partial charge is 0.481 e. The average Bonchev–Trinajstić information content (AvgIpc) is 1.65. The van der Waals surface area contributed by atoms with Crippen LogP contribution in [0.4, 0.5) is 64.7 Å². The molecule has 0 unspecified atom stereocenters. The van der Waals surface area contributed by atoms with Crippen LogP contribution in [0.5, 0.6) is 0 Å². The summed E-state index contributed by atoms with van der Waals surface area (Å²) in [5.74, 6) is -3.48. The molecule has 8 amide bonds. The van der Waals surface area contributed by atoms with Crippen molar-refractivity contribution in [1.82, 2.24) is 0 Å². The Labute approximate surface area is 531 Å². The molecule has 0 aromatic heterocycles. The first-order valence-corrected chi connectivity index (χ1v) is 29.0. The number of unbranched alkanes of at least 4 members (excludes halogenated alkanes) is 2. The summed E-state index contributed by atoms with van der Waals surface area (Å²) in [7, 11) is 0. The zero-order valence-corrected chi connectivity index (χ0v) is 49.9. The van der Waals surface area contributed by atoms with Crippen molar-refractivity contribution in [3.05, 3.63) is 239 Å². The second kappa shape index (κ2) is 33.1. The highest BCUT2D eigenvalue weighted by atomic mass is 16.4. The highest BCUT2D eigenvalue weighted by molar-refractivity contribution is 6.08. The molecule has 4 aliphatic heterocycles. The van der Waals surface area contributed by atoms with E-state index in [9.17, 15) is 38.4 Å². The summed E-state index contributed by atoms with van der Waals surface area (Å²) >= 11 is 0. The molecule has 0 radical (unpaired) electrons. The number of para-hydroxylation sites is 8. The average molecular weight is 1240 g/mol. The number of hydrogen-bond donors (Lipinski definition) is 8. The van der Waals surface area contributed by atoms with Gasteiger partial charge in [0.25, 0.3) is 0 Å². The Hall–Kier alpha value is -12.3. The first kappa shape index (κ1) is 67.2. The van der Waals surface area contributed by atoms with Crippen molar-refractivity contribution in [2.75, 3.05) is 19.6 Å². The van der Waals surface area contributed by atoms with Crippen molar-refractivity contribution in [3.63, 3.8) is 0 Å². The number of nitrogens with two attached hydrogens (primary N) is 4. The fourth-order valence-corrected chi connectivity index (χ4v) is 9.95. The molecule has 8 aromatic carbocycles. The molecule has 12 rings (SSSR count). The maximum absolute atomic E-state index is 11.8. The van der Waals surface area contributed by atoms with Gasteiger partial charge in [0.05, 0.1) is 45.5 Å². The predicted molar refractivity (Wildman–Crippen MR) is 362 cm³/mol. The molecule has 468 valence electrons. The van der Waals surface area contributed by atoms with Gasteiger partial charge in [0.2, 0.25) is 0 Å². The van der Waals surface area contributed by atoms with Gasteiger partial charge in [0, 0.05) is 25.7 Å². The van der Waals surface area contributed by atoms with Gasteiger partial charge in [0.1, 0.15) is 0 Å². The number of amides is 8. The smallest absolute Gasteiger partial charge is 0.323 e. The second-order valence-electron chi connectivity index (χ2n) is 20.5. The van der Waals surface area contributed by atoms with E-state index in [0.29, 0.717) is 25.7 Å². The lowest BCUT2D eigenvalue weighted by Crippen LogP contribution is -2.32. The van der Waals surface area contributed by atoms with Crippen LogP contribution in [0.2, 0.25) is 0 Å². The molecule has 8 aromatic rings. The van der Waals surface area contributed by atoms with E-state index in [1.54, 1.807) is 19.6 Å². The first-order chi connectivity index (χ1) is 44.3. The SMILES string of the molecule is NC(=O)N1c2ccccc2C=Cc2ccccc21.NC(=O)N1c2ccccc2C=Cc2ccccc21.NC(=O)N1c2ccccc2C=Cc2ccccc21.NC(=O)N1c2ccccc2C=Cc2ccccc21.O=C(O)CCCCC(=O)O.O=C(O)CCCCC(=O)O. The van der Waals surface area contributed by atoms with Gasteiger partial charge in [-0.3, -0.25) is 38.8 Å². The van der Waals surface area contributed by atoms with E-state index in [0.717, 1.165) is 90.0 Å². The standard InChI is InChI=1S/4C15H12N2O.2C6H10O4/c4*16-15(18)17-13-7-3-1-5-11(13)9-10-12-6-2-4-8-14(12)17;2*7-5(8)3-1-2-4-6(9)10/h4*1-10H,(H2,16,18);2*1-4H2,(H,7,8)(H,9,10). The van der Waals surface area contributed by atoms with Crippen LogP contribution >= 0.6 is 0 Å². The van der Waals surface area contributed by atoms with Crippen molar-refractivity contribution < 1.29 is 58.8 Å². The number of primary amides is 4. The van der Waals surface area contributed by atoms with E-state index in [-0.39, 0.29) is 25.7 Å². The van der Waals surface area contributed by atoms with Gasteiger partial charge in [-0.15, -0.1) is 0 Å². The molecule has 4 aliphatic rings. The van der Waals surface area contributed by atoms with Gasteiger partial charge in [0.15, 0.2) is 0 Å². The normalized spacial score (nSPS) is 11.8. The number of carboxylic acids is 4. The van der Waals surface area contributed by atoms with Crippen molar-refractivity contribution in [2.45, 2.75) is 51.4 Å². The summed E-state index contributed by atoms with van der Waals surface area (Å²) in [5.41, 5.74) is 36.4. The van der Waals surface area contributed by atoms with E-state index in [1.807, 2.05) is 243 Å². The fourth-order valence-electron chi connectivity index (χ4n) is 9.95. The number of benzene rings is 8. The van der Waals surface area contributed by atoms with Crippen LogP contribution < -0.4 is 42.5 Å². The third-order valence-electron chi connectivity index (χ3n) is 14.1. The number of aliphatic carboxylic acids is 4. The third kappa shape index (κ3) is 18.4. The fraction of sp³-hybridized carbons (Fsp3) is 0.111. The van der Waals surface area contributed by atoms with E-state index in [2.05, 4.69) is 0 Å². The van der Waals surface area contributed by atoms with Gasteiger partial charge in [-0.1, -0.05) is 194 Å². The Kier molecular flexibility index (Phi) is 24.2. The number of anilines is 8. The minimum absolute atomic E-state index is 0.0628. The Morgan fingerprint density at radius 3 is 0.457 bits per heavy atom. The van der Waals surface area contributed by atoms with Gasteiger partial charge in [-0.2, -0.15) is 0 Å². The van der Waals surface area contributed by atoms with Gasteiger partial charge in [-0.25, -0.2) is 19.2 Å². The molecule has 12 N–H and O–H groups in total. The zero-order valence-electron chi connectivity index (χ0n) is 49.9. The Morgan fingerprint density at radius 2 is 0.348 bits per heavy atom. The molecule has 0 bridgehead atoms. The number of carbonyl (C=O) groups is 8. The number of rotatable bonds is 10. The second-order valence-corrected chi connectivity index (χ2v) is 20.5. The summed E-state index contributed by atoms with van der Waals surface area (Å²) in [5, 5.41) is 32.5.